The van der Waals surface area contributed by atoms with E-state index < -0.39 is 6.10 Å². The van der Waals surface area contributed by atoms with Crippen molar-refractivity contribution in [2.75, 3.05) is 0 Å². The number of hydrogen-bond donors (Lipinski definition) is 1. The highest BCUT2D eigenvalue weighted by Crippen LogP contribution is 2.09. The van der Waals surface area contributed by atoms with Gasteiger partial charge >= 0.3 is 0 Å². The normalized spacial score (nSPS) is 12.4. The zero-order valence-electron chi connectivity index (χ0n) is 9.38. The summed E-state index contributed by atoms with van der Waals surface area (Å²) in [5.41, 5.74) is 1.99. The van der Waals surface area contributed by atoms with E-state index in [1.807, 2.05) is 12.1 Å². The van der Waals surface area contributed by atoms with Crippen molar-refractivity contribution < 1.29 is 9.50 Å². The Morgan fingerprint density at radius 1 is 0.941 bits per heavy atom. The van der Waals surface area contributed by atoms with E-state index in [0.717, 1.165) is 11.1 Å². The maximum absolute atomic E-state index is 12.7. The summed E-state index contributed by atoms with van der Waals surface area (Å²) in [6.45, 7) is 0. The molecular formula is C14H14FNO. The van der Waals surface area contributed by atoms with Crippen molar-refractivity contribution in [1.82, 2.24) is 4.98 Å². The molecule has 2 rings (SSSR count). The molecule has 1 N–H and O–H groups in total. The van der Waals surface area contributed by atoms with E-state index in [9.17, 15) is 9.50 Å². The first kappa shape index (κ1) is 11.7. The summed E-state index contributed by atoms with van der Waals surface area (Å²) < 4.78 is 12.7. The number of hydrogen-bond acceptors (Lipinski definition) is 2. The van der Waals surface area contributed by atoms with Gasteiger partial charge in [0.05, 0.1) is 6.10 Å². The lowest BCUT2D eigenvalue weighted by Crippen LogP contribution is -2.13. The lowest BCUT2D eigenvalue weighted by atomic mass is 10.0. The highest BCUT2D eigenvalue weighted by molar-refractivity contribution is 5.18. The Morgan fingerprint density at radius 2 is 1.47 bits per heavy atom. The third kappa shape index (κ3) is 3.64. The molecule has 0 bridgehead atoms. The lowest BCUT2D eigenvalue weighted by Gasteiger charge is -2.10. The number of pyridine rings is 1. The minimum atomic E-state index is -0.456. The summed E-state index contributed by atoms with van der Waals surface area (Å²) in [4.78, 5) is 3.92. The fourth-order valence-electron chi connectivity index (χ4n) is 1.76. The van der Waals surface area contributed by atoms with Crippen LogP contribution in [0.2, 0.25) is 0 Å². The fourth-order valence-corrected chi connectivity index (χ4v) is 1.76. The van der Waals surface area contributed by atoms with E-state index in [2.05, 4.69) is 4.98 Å². The van der Waals surface area contributed by atoms with E-state index in [0.29, 0.717) is 12.8 Å². The molecule has 2 aromatic rings. The van der Waals surface area contributed by atoms with E-state index in [-0.39, 0.29) is 5.82 Å². The molecule has 0 aliphatic carbocycles. The summed E-state index contributed by atoms with van der Waals surface area (Å²) in [7, 11) is 0. The first-order valence-electron chi connectivity index (χ1n) is 5.55. The van der Waals surface area contributed by atoms with Crippen molar-refractivity contribution in [1.29, 1.82) is 0 Å². The number of aliphatic hydroxyl groups excluding tert-OH is 1. The summed E-state index contributed by atoms with van der Waals surface area (Å²) in [5, 5.41) is 9.91. The molecule has 2 nitrogen and oxygen atoms in total. The number of aliphatic hydroxyl groups is 1. The first-order valence-corrected chi connectivity index (χ1v) is 5.55. The molecule has 0 fully saturated rings. The van der Waals surface area contributed by atoms with Crippen LogP contribution in [-0.4, -0.2) is 16.2 Å². The van der Waals surface area contributed by atoms with Crippen LogP contribution >= 0.6 is 0 Å². The fraction of sp³-hybridized carbons (Fsp3) is 0.214. The quantitative estimate of drug-likeness (QED) is 0.876. The zero-order chi connectivity index (χ0) is 12.1. The van der Waals surface area contributed by atoms with Gasteiger partial charge in [-0.25, -0.2) is 4.39 Å². The molecule has 1 heterocycles. The number of rotatable bonds is 4. The molecule has 3 heteroatoms. The van der Waals surface area contributed by atoms with Gasteiger partial charge in [-0.1, -0.05) is 12.1 Å². The Hall–Kier alpha value is -1.74. The van der Waals surface area contributed by atoms with E-state index in [4.69, 9.17) is 0 Å². The van der Waals surface area contributed by atoms with E-state index in [1.165, 1.54) is 12.1 Å². The summed E-state index contributed by atoms with van der Waals surface area (Å²) >= 11 is 0. The maximum atomic E-state index is 12.7. The van der Waals surface area contributed by atoms with Gasteiger partial charge in [-0.2, -0.15) is 0 Å². The average Bonchev–Trinajstić information content (AvgIpc) is 2.33. The Labute approximate surface area is 99.8 Å². The van der Waals surface area contributed by atoms with Gasteiger partial charge in [0.1, 0.15) is 5.82 Å². The van der Waals surface area contributed by atoms with Crippen LogP contribution in [0.1, 0.15) is 11.1 Å². The smallest absolute Gasteiger partial charge is 0.123 e. The third-order valence-electron chi connectivity index (χ3n) is 2.61. The van der Waals surface area contributed by atoms with Gasteiger partial charge in [0.15, 0.2) is 0 Å². The van der Waals surface area contributed by atoms with Gasteiger partial charge in [-0.3, -0.25) is 4.98 Å². The van der Waals surface area contributed by atoms with Crippen LogP contribution in [0, 0.1) is 5.82 Å². The SMILES string of the molecule is OC(Cc1ccncc1)Cc1ccc(F)cc1. The lowest BCUT2D eigenvalue weighted by molar-refractivity contribution is 0.175. The predicted octanol–water partition coefficient (Wildman–Crippen LogP) is 2.37. The van der Waals surface area contributed by atoms with Crippen molar-refractivity contribution >= 4 is 0 Å². The summed E-state index contributed by atoms with van der Waals surface area (Å²) in [5.74, 6) is -0.252. The molecule has 1 aromatic carbocycles. The van der Waals surface area contributed by atoms with Crippen LogP contribution in [0.25, 0.3) is 0 Å². The van der Waals surface area contributed by atoms with Gasteiger partial charge in [-0.05, 0) is 48.2 Å². The van der Waals surface area contributed by atoms with E-state index in [1.54, 1.807) is 24.5 Å². The van der Waals surface area contributed by atoms with Crippen LogP contribution in [0.5, 0.6) is 0 Å². The first-order chi connectivity index (χ1) is 8.24. The molecule has 0 aliphatic rings. The molecule has 0 saturated carbocycles. The van der Waals surface area contributed by atoms with Crippen molar-refractivity contribution in [2.45, 2.75) is 18.9 Å². The van der Waals surface area contributed by atoms with Crippen LogP contribution in [0.4, 0.5) is 4.39 Å². The Balaban J connectivity index is 1.93. The topological polar surface area (TPSA) is 33.1 Å². The average molecular weight is 231 g/mol. The second-order valence-corrected chi connectivity index (χ2v) is 4.04. The monoisotopic (exact) mass is 231 g/mol. The highest BCUT2D eigenvalue weighted by Gasteiger charge is 2.06. The zero-order valence-corrected chi connectivity index (χ0v) is 9.38. The van der Waals surface area contributed by atoms with Crippen LogP contribution in [0.15, 0.2) is 48.8 Å². The molecule has 0 radical (unpaired) electrons. The Bertz CT molecular complexity index is 455. The largest absolute Gasteiger partial charge is 0.392 e. The standard InChI is InChI=1S/C14H14FNO/c15-13-3-1-11(2-4-13)9-14(17)10-12-5-7-16-8-6-12/h1-8,14,17H,9-10H2. The Morgan fingerprint density at radius 3 is 2.06 bits per heavy atom. The molecule has 17 heavy (non-hydrogen) atoms. The molecular weight excluding hydrogens is 217 g/mol. The second kappa shape index (κ2) is 5.55. The van der Waals surface area contributed by atoms with Gasteiger partial charge in [0, 0.05) is 12.4 Å². The van der Waals surface area contributed by atoms with E-state index >= 15 is 0 Å². The predicted molar refractivity (Wildman–Crippen MR) is 64.1 cm³/mol. The molecule has 0 saturated heterocycles. The van der Waals surface area contributed by atoms with Crippen molar-refractivity contribution in [3.63, 3.8) is 0 Å². The minimum absolute atomic E-state index is 0.252. The number of nitrogens with zero attached hydrogens (tertiary/aromatic N) is 1. The summed E-state index contributed by atoms with van der Waals surface area (Å²) in [6, 6.07) is 9.99. The summed E-state index contributed by atoms with van der Waals surface area (Å²) in [6.07, 6.45) is 4.07. The number of halogens is 1. The van der Waals surface area contributed by atoms with Gasteiger partial charge < -0.3 is 5.11 Å². The van der Waals surface area contributed by atoms with Gasteiger partial charge in [0.25, 0.3) is 0 Å². The molecule has 0 amide bonds. The van der Waals surface area contributed by atoms with Gasteiger partial charge in [0.2, 0.25) is 0 Å². The second-order valence-electron chi connectivity index (χ2n) is 4.04. The Kier molecular flexibility index (Phi) is 3.83. The van der Waals surface area contributed by atoms with Crippen LogP contribution in [0.3, 0.4) is 0 Å². The molecule has 0 aliphatic heterocycles. The third-order valence-corrected chi connectivity index (χ3v) is 2.61. The molecule has 1 atom stereocenters. The van der Waals surface area contributed by atoms with Crippen molar-refractivity contribution in [3.8, 4) is 0 Å². The van der Waals surface area contributed by atoms with Gasteiger partial charge in [-0.15, -0.1) is 0 Å². The van der Waals surface area contributed by atoms with Crippen LogP contribution in [-0.2, 0) is 12.8 Å². The molecule has 0 spiro atoms. The highest BCUT2D eigenvalue weighted by atomic mass is 19.1. The minimum Gasteiger partial charge on any atom is -0.392 e. The van der Waals surface area contributed by atoms with Crippen molar-refractivity contribution in [2.24, 2.45) is 0 Å². The molecule has 1 aromatic heterocycles. The van der Waals surface area contributed by atoms with Crippen molar-refractivity contribution in [3.05, 3.63) is 65.7 Å². The number of benzene rings is 1. The molecule has 88 valence electrons. The number of aromatic nitrogens is 1. The van der Waals surface area contributed by atoms with Crippen LogP contribution < -0.4 is 0 Å². The molecule has 1 unspecified atom stereocenters. The maximum Gasteiger partial charge on any atom is 0.123 e.